The molecule has 0 radical (unpaired) electrons. The predicted molar refractivity (Wildman–Crippen MR) is 141 cm³/mol. The molecule has 2 aromatic carbocycles. The first kappa shape index (κ1) is 25.9. The van der Waals surface area contributed by atoms with Crippen LogP contribution in [0.5, 0.6) is 5.75 Å². The number of aromatic nitrogens is 3. The molecule has 0 aliphatic carbocycles. The van der Waals surface area contributed by atoms with Crippen molar-refractivity contribution >= 4 is 5.91 Å². The molecule has 1 fully saturated rings. The van der Waals surface area contributed by atoms with E-state index in [2.05, 4.69) is 41.4 Å². The maximum Gasteiger partial charge on any atom is 0.242 e. The topological polar surface area (TPSA) is 81.5 Å². The number of carbonyl (C=O) groups excluding carboxylic acids is 1. The molecule has 0 bridgehead atoms. The third-order valence-corrected chi connectivity index (χ3v) is 6.46. The van der Waals surface area contributed by atoms with Crippen molar-refractivity contribution in [3.05, 3.63) is 54.1 Å². The second kappa shape index (κ2) is 12.1. The van der Waals surface area contributed by atoms with Gasteiger partial charge in [-0.2, -0.15) is 0 Å². The van der Waals surface area contributed by atoms with Gasteiger partial charge < -0.3 is 14.8 Å². The zero-order valence-electron chi connectivity index (χ0n) is 21.7. The fraction of sp³-hybridized carbons (Fsp3) is 0.464. The van der Waals surface area contributed by atoms with Crippen molar-refractivity contribution in [1.29, 1.82) is 0 Å². The first-order valence-electron chi connectivity index (χ1n) is 12.8. The Hall–Kier alpha value is -3.23. The van der Waals surface area contributed by atoms with Crippen LogP contribution >= 0.6 is 0 Å². The average Bonchev–Trinajstić information content (AvgIpc) is 3.31. The maximum atomic E-state index is 12.5. The first-order chi connectivity index (χ1) is 17.5. The van der Waals surface area contributed by atoms with Crippen LogP contribution < -0.4 is 10.1 Å². The van der Waals surface area contributed by atoms with Crippen LogP contribution in [-0.2, 0) is 22.5 Å². The first-order valence-corrected chi connectivity index (χ1v) is 12.8. The lowest BCUT2D eigenvalue weighted by Crippen LogP contribution is -2.45. The fourth-order valence-corrected chi connectivity index (χ4v) is 4.51. The Morgan fingerprint density at radius 2 is 2.00 bits per heavy atom. The normalized spacial score (nSPS) is 16.3. The Bertz CT molecular complexity index is 1140. The van der Waals surface area contributed by atoms with Crippen molar-refractivity contribution in [3.63, 3.8) is 0 Å². The smallest absolute Gasteiger partial charge is 0.242 e. The van der Waals surface area contributed by atoms with Crippen molar-refractivity contribution in [1.82, 2.24) is 25.0 Å². The summed E-state index contributed by atoms with van der Waals surface area (Å²) in [4.78, 5) is 19.9. The van der Waals surface area contributed by atoms with Crippen molar-refractivity contribution in [2.45, 2.75) is 52.2 Å². The second-order valence-corrected chi connectivity index (χ2v) is 9.49. The monoisotopic (exact) mass is 491 g/mol. The number of nitrogens with one attached hydrogen (secondary N) is 1. The summed E-state index contributed by atoms with van der Waals surface area (Å²) in [5, 5.41) is 7.64. The summed E-state index contributed by atoms with van der Waals surface area (Å²) in [6.45, 7) is 9.86. The molecular formula is C28H37N5O3. The van der Waals surface area contributed by atoms with Crippen LogP contribution in [0.4, 0.5) is 0 Å². The molecule has 3 aromatic rings. The van der Waals surface area contributed by atoms with Crippen molar-refractivity contribution < 1.29 is 14.3 Å². The summed E-state index contributed by atoms with van der Waals surface area (Å²) >= 11 is 0. The average molecular weight is 492 g/mol. The molecule has 1 aliphatic rings. The van der Waals surface area contributed by atoms with Crippen LogP contribution in [0.2, 0.25) is 0 Å². The van der Waals surface area contributed by atoms with Gasteiger partial charge in [-0.1, -0.05) is 43.3 Å². The molecule has 1 unspecified atom stereocenters. The zero-order valence-corrected chi connectivity index (χ0v) is 21.7. The van der Waals surface area contributed by atoms with E-state index >= 15 is 0 Å². The molecule has 0 saturated carbocycles. The van der Waals surface area contributed by atoms with Crippen molar-refractivity contribution in [2.24, 2.45) is 0 Å². The molecule has 1 aliphatic heterocycles. The van der Waals surface area contributed by atoms with Crippen LogP contribution in [-0.4, -0.2) is 71.1 Å². The lowest BCUT2D eigenvalue weighted by molar-refractivity contribution is -0.122. The summed E-state index contributed by atoms with van der Waals surface area (Å²) < 4.78 is 12.7. The SMILES string of the molecule is CCC1COCCN1CCc1ccc(-c2nc(-c3cccc(OC)c3)n(CC(=O)NC(C)C)n2)cc1. The fourth-order valence-electron chi connectivity index (χ4n) is 4.51. The minimum atomic E-state index is -0.102. The molecule has 36 heavy (non-hydrogen) atoms. The van der Waals surface area contributed by atoms with E-state index in [0.717, 1.165) is 56.0 Å². The molecule has 2 heterocycles. The predicted octanol–water partition coefficient (Wildman–Crippen LogP) is 3.80. The van der Waals surface area contributed by atoms with Gasteiger partial charge in [0.2, 0.25) is 5.91 Å². The number of rotatable bonds is 10. The molecule has 192 valence electrons. The summed E-state index contributed by atoms with van der Waals surface area (Å²) in [6, 6.07) is 16.6. The standard InChI is InChI=1S/C28H37N5O3/c1-5-24-19-36-16-15-32(24)14-13-21-9-11-22(12-10-21)27-30-28(23-7-6-8-25(17-23)35-4)33(31-27)18-26(34)29-20(2)3/h6-12,17,20,24H,5,13-16,18-19H2,1-4H3,(H,29,34). The highest BCUT2D eigenvalue weighted by molar-refractivity contribution is 5.77. The van der Waals surface area contributed by atoms with E-state index in [1.54, 1.807) is 11.8 Å². The zero-order chi connectivity index (χ0) is 25.5. The van der Waals surface area contributed by atoms with Gasteiger partial charge >= 0.3 is 0 Å². The number of nitrogens with zero attached hydrogens (tertiary/aromatic N) is 4. The number of methoxy groups -OCH3 is 1. The molecule has 1 amide bonds. The lowest BCUT2D eigenvalue weighted by atomic mass is 10.1. The van der Waals surface area contributed by atoms with Crippen molar-refractivity contribution in [2.75, 3.05) is 33.4 Å². The highest BCUT2D eigenvalue weighted by atomic mass is 16.5. The molecule has 1 atom stereocenters. The number of benzene rings is 2. The number of hydrogen-bond acceptors (Lipinski definition) is 6. The van der Waals surface area contributed by atoms with Gasteiger partial charge in [0.1, 0.15) is 12.3 Å². The van der Waals surface area contributed by atoms with Gasteiger partial charge in [0.05, 0.1) is 20.3 Å². The van der Waals surface area contributed by atoms with Gasteiger partial charge in [0.15, 0.2) is 11.6 Å². The molecular weight excluding hydrogens is 454 g/mol. The Morgan fingerprint density at radius 3 is 2.72 bits per heavy atom. The van der Waals surface area contributed by atoms with Gasteiger partial charge in [-0.15, -0.1) is 5.10 Å². The largest absolute Gasteiger partial charge is 0.497 e. The molecule has 1 N–H and O–H groups in total. The van der Waals surface area contributed by atoms with E-state index in [1.807, 2.05) is 38.1 Å². The summed E-state index contributed by atoms with van der Waals surface area (Å²) in [5.41, 5.74) is 3.05. The third-order valence-electron chi connectivity index (χ3n) is 6.46. The number of carbonyl (C=O) groups is 1. The van der Waals surface area contributed by atoms with Crippen LogP contribution in [0.3, 0.4) is 0 Å². The minimum Gasteiger partial charge on any atom is -0.497 e. The van der Waals surface area contributed by atoms with E-state index < -0.39 is 0 Å². The Labute approximate surface area is 213 Å². The van der Waals surface area contributed by atoms with Crippen LogP contribution in [0.15, 0.2) is 48.5 Å². The van der Waals surface area contributed by atoms with Gasteiger partial charge in [-0.3, -0.25) is 9.69 Å². The van der Waals surface area contributed by atoms with E-state index in [9.17, 15) is 4.79 Å². The van der Waals surface area contributed by atoms with E-state index in [4.69, 9.17) is 19.6 Å². The Morgan fingerprint density at radius 1 is 1.19 bits per heavy atom. The molecule has 4 rings (SSSR count). The highest BCUT2D eigenvalue weighted by Crippen LogP contribution is 2.26. The number of morpholine rings is 1. The van der Waals surface area contributed by atoms with Gasteiger partial charge in [-0.25, -0.2) is 9.67 Å². The van der Waals surface area contributed by atoms with Crippen LogP contribution in [0.1, 0.15) is 32.8 Å². The summed E-state index contributed by atoms with van der Waals surface area (Å²) in [5.74, 6) is 1.85. The van der Waals surface area contributed by atoms with E-state index in [-0.39, 0.29) is 18.5 Å². The van der Waals surface area contributed by atoms with Gasteiger partial charge in [-0.05, 0) is 44.4 Å². The number of ether oxygens (including phenoxy) is 2. The van der Waals surface area contributed by atoms with Crippen molar-refractivity contribution in [3.8, 4) is 28.5 Å². The maximum absolute atomic E-state index is 12.5. The molecule has 1 saturated heterocycles. The summed E-state index contributed by atoms with van der Waals surface area (Å²) in [7, 11) is 1.63. The van der Waals surface area contributed by atoms with E-state index in [0.29, 0.717) is 17.7 Å². The molecule has 8 heteroatoms. The summed E-state index contributed by atoms with van der Waals surface area (Å²) in [6.07, 6.45) is 2.10. The number of amides is 1. The van der Waals surface area contributed by atoms with Crippen LogP contribution in [0.25, 0.3) is 22.8 Å². The second-order valence-electron chi connectivity index (χ2n) is 9.49. The lowest BCUT2D eigenvalue weighted by Gasteiger charge is -2.35. The molecule has 8 nitrogen and oxygen atoms in total. The third kappa shape index (κ3) is 6.50. The highest BCUT2D eigenvalue weighted by Gasteiger charge is 2.21. The Kier molecular flexibility index (Phi) is 8.72. The van der Waals surface area contributed by atoms with Gasteiger partial charge in [0, 0.05) is 36.3 Å². The Balaban J connectivity index is 1.53. The molecule has 0 spiro atoms. The quantitative estimate of drug-likeness (QED) is 0.465. The molecule has 1 aromatic heterocycles. The van der Waals surface area contributed by atoms with Gasteiger partial charge in [0.25, 0.3) is 0 Å². The van der Waals surface area contributed by atoms with Crippen LogP contribution in [0, 0.1) is 0 Å². The number of hydrogen-bond donors (Lipinski definition) is 1. The van der Waals surface area contributed by atoms with E-state index in [1.165, 1.54) is 5.56 Å². The minimum absolute atomic E-state index is 0.0540.